The SMILES string of the molecule is O=C1/C(=C/c2cccnn2)CCc2ccccc21. The van der Waals surface area contributed by atoms with E-state index in [1.807, 2.05) is 42.5 Å². The standard InChI is InChI=1S/C15H12N2O/c18-15-12(10-13-5-3-9-16-17-13)8-7-11-4-1-2-6-14(11)15/h1-6,9-10H,7-8H2/b12-10+. The van der Waals surface area contributed by atoms with Gasteiger partial charge in [-0.05, 0) is 36.6 Å². The van der Waals surface area contributed by atoms with Crippen molar-refractivity contribution >= 4 is 11.9 Å². The molecule has 1 aromatic heterocycles. The van der Waals surface area contributed by atoms with E-state index < -0.39 is 0 Å². The number of Topliss-reactive ketones (excluding diaryl/α,β-unsaturated/α-hetero) is 1. The highest BCUT2D eigenvalue weighted by molar-refractivity contribution is 6.13. The van der Waals surface area contributed by atoms with E-state index in [2.05, 4.69) is 10.2 Å². The number of carbonyl (C=O) groups is 1. The average Bonchev–Trinajstić information content (AvgIpc) is 2.43. The minimum atomic E-state index is 0.113. The van der Waals surface area contributed by atoms with Gasteiger partial charge < -0.3 is 0 Å². The molecule has 3 nitrogen and oxygen atoms in total. The Hall–Kier alpha value is -2.29. The van der Waals surface area contributed by atoms with Crippen LogP contribution in [-0.4, -0.2) is 16.0 Å². The largest absolute Gasteiger partial charge is 0.289 e. The fourth-order valence-corrected chi connectivity index (χ4v) is 2.22. The highest BCUT2D eigenvalue weighted by Crippen LogP contribution is 2.25. The van der Waals surface area contributed by atoms with Crippen molar-refractivity contribution in [2.45, 2.75) is 12.8 Å². The van der Waals surface area contributed by atoms with E-state index in [9.17, 15) is 4.79 Å². The summed E-state index contributed by atoms with van der Waals surface area (Å²) in [5.41, 5.74) is 3.51. The van der Waals surface area contributed by atoms with Gasteiger partial charge in [-0.3, -0.25) is 4.79 Å². The highest BCUT2D eigenvalue weighted by Gasteiger charge is 2.21. The molecule has 1 aliphatic carbocycles. The number of aryl methyl sites for hydroxylation is 1. The van der Waals surface area contributed by atoms with E-state index in [1.54, 1.807) is 6.20 Å². The molecule has 0 saturated carbocycles. The lowest BCUT2D eigenvalue weighted by Crippen LogP contribution is -2.13. The molecular weight excluding hydrogens is 224 g/mol. The Bertz CT molecular complexity index is 617. The Kier molecular flexibility index (Phi) is 2.73. The number of carbonyl (C=O) groups excluding carboxylic acids is 1. The van der Waals surface area contributed by atoms with E-state index in [0.717, 1.165) is 35.2 Å². The average molecular weight is 236 g/mol. The maximum absolute atomic E-state index is 12.3. The topological polar surface area (TPSA) is 42.9 Å². The van der Waals surface area contributed by atoms with Gasteiger partial charge >= 0.3 is 0 Å². The Morgan fingerprint density at radius 2 is 1.94 bits per heavy atom. The monoisotopic (exact) mass is 236 g/mol. The summed E-state index contributed by atoms with van der Waals surface area (Å²) < 4.78 is 0. The van der Waals surface area contributed by atoms with Crippen LogP contribution in [0.3, 0.4) is 0 Å². The summed E-state index contributed by atoms with van der Waals surface area (Å²) in [6.45, 7) is 0. The van der Waals surface area contributed by atoms with Crippen molar-refractivity contribution < 1.29 is 4.79 Å². The third-order valence-electron chi connectivity index (χ3n) is 3.13. The Morgan fingerprint density at radius 3 is 2.78 bits per heavy atom. The van der Waals surface area contributed by atoms with Crippen LogP contribution in [0.15, 0.2) is 48.2 Å². The lowest BCUT2D eigenvalue weighted by molar-refractivity contribution is 0.102. The van der Waals surface area contributed by atoms with Gasteiger partial charge in [0.25, 0.3) is 0 Å². The molecular formula is C15H12N2O. The molecule has 3 heteroatoms. The summed E-state index contributed by atoms with van der Waals surface area (Å²) in [5, 5.41) is 7.80. The van der Waals surface area contributed by atoms with Crippen molar-refractivity contribution in [1.82, 2.24) is 10.2 Å². The van der Waals surface area contributed by atoms with Crippen LogP contribution in [0.4, 0.5) is 0 Å². The van der Waals surface area contributed by atoms with Crippen molar-refractivity contribution in [3.63, 3.8) is 0 Å². The molecule has 0 saturated heterocycles. The summed E-state index contributed by atoms with van der Waals surface area (Å²) in [7, 11) is 0. The van der Waals surface area contributed by atoms with Gasteiger partial charge in [-0.25, -0.2) is 0 Å². The van der Waals surface area contributed by atoms with Gasteiger partial charge in [0.1, 0.15) is 0 Å². The molecule has 0 N–H and O–H groups in total. The van der Waals surface area contributed by atoms with Crippen LogP contribution in [0.5, 0.6) is 0 Å². The van der Waals surface area contributed by atoms with E-state index >= 15 is 0 Å². The molecule has 1 aromatic carbocycles. The molecule has 18 heavy (non-hydrogen) atoms. The number of fused-ring (bicyclic) bond motifs is 1. The fourth-order valence-electron chi connectivity index (χ4n) is 2.22. The molecule has 2 aromatic rings. The second-order valence-corrected chi connectivity index (χ2v) is 4.30. The normalized spacial score (nSPS) is 16.7. The smallest absolute Gasteiger partial charge is 0.189 e. The van der Waals surface area contributed by atoms with Gasteiger partial charge in [-0.15, -0.1) is 0 Å². The first-order valence-electron chi connectivity index (χ1n) is 5.95. The quantitative estimate of drug-likeness (QED) is 0.715. The number of hydrogen-bond acceptors (Lipinski definition) is 3. The summed E-state index contributed by atoms with van der Waals surface area (Å²) in [5.74, 6) is 0.113. The molecule has 0 radical (unpaired) electrons. The van der Waals surface area contributed by atoms with Crippen LogP contribution >= 0.6 is 0 Å². The van der Waals surface area contributed by atoms with Crippen LogP contribution < -0.4 is 0 Å². The molecule has 3 rings (SSSR count). The Labute approximate surface area is 105 Å². The van der Waals surface area contributed by atoms with Crippen LogP contribution in [0.1, 0.15) is 28.0 Å². The van der Waals surface area contributed by atoms with Crippen molar-refractivity contribution in [1.29, 1.82) is 0 Å². The third-order valence-corrected chi connectivity index (χ3v) is 3.13. The molecule has 0 atom stereocenters. The van der Waals surface area contributed by atoms with Gasteiger partial charge in [0.2, 0.25) is 0 Å². The highest BCUT2D eigenvalue weighted by atomic mass is 16.1. The lowest BCUT2D eigenvalue weighted by atomic mass is 9.86. The van der Waals surface area contributed by atoms with Crippen LogP contribution in [0.2, 0.25) is 0 Å². The van der Waals surface area contributed by atoms with Gasteiger partial charge in [-0.2, -0.15) is 10.2 Å². The van der Waals surface area contributed by atoms with Crippen LogP contribution in [0, 0.1) is 0 Å². The van der Waals surface area contributed by atoms with Gasteiger partial charge in [0.15, 0.2) is 5.78 Å². The zero-order valence-electron chi connectivity index (χ0n) is 9.84. The molecule has 0 amide bonds. The number of nitrogens with zero attached hydrogens (tertiary/aromatic N) is 2. The molecule has 0 fully saturated rings. The molecule has 0 bridgehead atoms. The number of rotatable bonds is 1. The molecule has 0 unspecified atom stereocenters. The Balaban J connectivity index is 1.98. The first-order valence-corrected chi connectivity index (χ1v) is 5.95. The van der Waals surface area contributed by atoms with Crippen molar-refractivity contribution in [3.05, 3.63) is 65.0 Å². The van der Waals surface area contributed by atoms with E-state index in [-0.39, 0.29) is 5.78 Å². The Morgan fingerprint density at radius 1 is 1.06 bits per heavy atom. The second-order valence-electron chi connectivity index (χ2n) is 4.30. The number of aromatic nitrogens is 2. The predicted molar refractivity (Wildman–Crippen MR) is 69.1 cm³/mol. The minimum absolute atomic E-state index is 0.113. The third kappa shape index (κ3) is 1.95. The van der Waals surface area contributed by atoms with Crippen molar-refractivity contribution in [2.24, 2.45) is 0 Å². The van der Waals surface area contributed by atoms with Gasteiger partial charge in [-0.1, -0.05) is 24.3 Å². The maximum atomic E-state index is 12.3. The van der Waals surface area contributed by atoms with E-state index in [0.29, 0.717) is 0 Å². The molecule has 1 heterocycles. The number of allylic oxidation sites excluding steroid dienone is 1. The number of ketones is 1. The summed E-state index contributed by atoms with van der Waals surface area (Å²) in [4.78, 5) is 12.3. The van der Waals surface area contributed by atoms with Crippen molar-refractivity contribution in [3.8, 4) is 0 Å². The number of benzene rings is 1. The van der Waals surface area contributed by atoms with E-state index in [4.69, 9.17) is 0 Å². The first-order chi connectivity index (χ1) is 8.84. The van der Waals surface area contributed by atoms with Crippen LogP contribution in [-0.2, 0) is 6.42 Å². The first kappa shape index (κ1) is 10.8. The van der Waals surface area contributed by atoms with Gasteiger partial charge in [0, 0.05) is 17.3 Å². The van der Waals surface area contributed by atoms with E-state index in [1.165, 1.54) is 0 Å². The summed E-state index contributed by atoms with van der Waals surface area (Å²) in [6, 6.07) is 11.5. The lowest BCUT2D eigenvalue weighted by Gasteiger charge is -2.16. The number of hydrogen-bond donors (Lipinski definition) is 0. The maximum Gasteiger partial charge on any atom is 0.189 e. The molecule has 0 spiro atoms. The molecule has 88 valence electrons. The molecule has 1 aliphatic rings. The van der Waals surface area contributed by atoms with Crippen molar-refractivity contribution in [2.75, 3.05) is 0 Å². The minimum Gasteiger partial charge on any atom is -0.289 e. The summed E-state index contributed by atoms with van der Waals surface area (Å²) in [6.07, 6.45) is 5.14. The zero-order chi connectivity index (χ0) is 12.4. The second kappa shape index (κ2) is 4.53. The fraction of sp³-hybridized carbons (Fsp3) is 0.133. The summed E-state index contributed by atoms with van der Waals surface area (Å²) >= 11 is 0. The van der Waals surface area contributed by atoms with Gasteiger partial charge in [0.05, 0.1) is 5.69 Å². The predicted octanol–water partition coefficient (Wildman–Crippen LogP) is 2.69. The zero-order valence-corrected chi connectivity index (χ0v) is 9.84. The molecule has 0 aliphatic heterocycles. The van der Waals surface area contributed by atoms with Crippen LogP contribution in [0.25, 0.3) is 6.08 Å².